The quantitative estimate of drug-likeness (QED) is 0.603. The monoisotopic (exact) mass is 497 g/mol. The number of hydrogen-bond acceptors (Lipinski definition) is 4. The highest BCUT2D eigenvalue weighted by molar-refractivity contribution is 5.86. The van der Waals surface area contributed by atoms with Crippen molar-refractivity contribution in [3.05, 3.63) is 35.4 Å². The van der Waals surface area contributed by atoms with E-state index in [0.29, 0.717) is 12.5 Å². The number of fused-ring (bicyclic) bond motifs is 1. The molecule has 1 aliphatic heterocycles. The van der Waals surface area contributed by atoms with E-state index in [2.05, 4.69) is 15.5 Å². The predicted octanol–water partition coefficient (Wildman–Crippen LogP) is 4.97. The number of alkyl halides is 3. The molecule has 9 heteroatoms. The lowest BCUT2D eigenvalue weighted by Crippen LogP contribution is -2.56. The molecule has 1 aromatic carbocycles. The molecular formula is C26H38F3N3O3. The molecule has 2 fully saturated rings. The Balaban J connectivity index is 1.59. The van der Waals surface area contributed by atoms with Gasteiger partial charge < -0.3 is 15.4 Å². The second kappa shape index (κ2) is 9.99. The molecule has 196 valence electrons. The molecule has 0 radical (unpaired) electrons. The summed E-state index contributed by atoms with van der Waals surface area (Å²) in [5.41, 5.74) is -0.977. The Kier molecular flexibility index (Phi) is 7.79. The van der Waals surface area contributed by atoms with Crippen LogP contribution in [0.2, 0.25) is 0 Å². The van der Waals surface area contributed by atoms with Gasteiger partial charge in [-0.15, -0.1) is 0 Å². The number of likely N-dealkylation sites (tertiary alicyclic amines) is 1. The molecule has 1 aliphatic carbocycles. The van der Waals surface area contributed by atoms with E-state index in [4.69, 9.17) is 4.74 Å². The number of benzene rings is 1. The van der Waals surface area contributed by atoms with Crippen LogP contribution in [0.25, 0.3) is 0 Å². The molecule has 1 aromatic rings. The lowest BCUT2D eigenvalue weighted by atomic mass is 9.85. The summed E-state index contributed by atoms with van der Waals surface area (Å²) in [6, 6.07) is 4.56. The summed E-state index contributed by atoms with van der Waals surface area (Å²) in [5.74, 6) is 0.479. The third-order valence-electron chi connectivity index (χ3n) is 6.74. The molecule has 35 heavy (non-hydrogen) atoms. The van der Waals surface area contributed by atoms with Gasteiger partial charge in [-0.1, -0.05) is 32.9 Å². The molecule has 6 nitrogen and oxygen atoms in total. The molecular weight excluding hydrogens is 459 g/mol. The number of hydrogen-bond donors (Lipinski definition) is 2. The summed E-state index contributed by atoms with van der Waals surface area (Å²) in [6.45, 7) is 13.2. The van der Waals surface area contributed by atoms with Crippen LogP contribution in [-0.2, 0) is 22.3 Å². The van der Waals surface area contributed by atoms with Crippen molar-refractivity contribution < 1.29 is 27.5 Å². The SMILES string of the molecule is CC(C)(C)OC(=O)N[C@H](C(=O)N[C@H]1CC[C@@H]2CN(Cc3ccc(C(F)(F)F)cc3)C[C@@H]21)C(C)(C)C. The maximum atomic E-state index is 13.2. The average Bonchev–Trinajstić information content (AvgIpc) is 3.24. The van der Waals surface area contributed by atoms with Gasteiger partial charge in [0.1, 0.15) is 11.6 Å². The Morgan fingerprint density at radius 2 is 1.66 bits per heavy atom. The second-order valence-electron chi connectivity index (χ2n) is 12.0. The topological polar surface area (TPSA) is 70.7 Å². The van der Waals surface area contributed by atoms with Crippen LogP contribution in [-0.4, -0.2) is 47.7 Å². The van der Waals surface area contributed by atoms with E-state index in [1.807, 2.05) is 20.8 Å². The highest BCUT2D eigenvalue weighted by atomic mass is 19.4. The van der Waals surface area contributed by atoms with Crippen molar-refractivity contribution in [2.24, 2.45) is 17.3 Å². The van der Waals surface area contributed by atoms with Gasteiger partial charge in [0.15, 0.2) is 0 Å². The van der Waals surface area contributed by atoms with E-state index in [1.54, 1.807) is 20.8 Å². The van der Waals surface area contributed by atoms with E-state index in [9.17, 15) is 22.8 Å². The molecule has 1 heterocycles. The van der Waals surface area contributed by atoms with Crippen LogP contribution in [0.5, 0.6) is 0 Å². The number of nitrogens with one attached hydrogen (secondary N) is 2. The minimum Gasteiger partial charge on any atom is -0.444 e. The first kappa shape index (κ1) is 27.3. The number of carbonyl (C=O) groups excluding carboxylic acids is 2. The number of amides is 2. The zero-order valence-electron chi connectivity index (χ0n) is 21.5. The number of rotatable bonds is 5. The molecule has 2 N–H and O–H groups in total. The largest absolute Gasteiger partial charge is 0.444 e. The van der Waals surface area contributed by atoms with Gasteiger partial charge in [-0.05, 0) is 68.6 Å². The molecule has 0 aromatic heterocycles. The fraction of sp³-hybridized carbons (Fsp3) is 0.692. The average molecular weight is 498 g/mol. The third-order valence-corrected chi connectivity index (χ3v) is 6.74. The zero-order chi connectivity index (χ0) is 26.2. The van der Waals surface area contributed by atoms with Crippen LogP contribution in [0.15, 0.2) is 24.3 Å². The number of ether oxygens (including phenoxy) is 1. The van der Waals surface area contributed by atoms with Crippen molar-refractivity contribution in [3.8, 4) is 0 Å². The lowest BCUT2D eigenvalue weighted by Gasteiger charge is -2.33. The minimum absolute atomic E-state index is 0.00427. The van der Waals surface area contributed by atoms with Crippen molar-refractivity contribution >= 4 is 12.0 Å². The molecule has 4 atom stereocenters. The molecule has 3 rings (SSSR count). The summed E-state index contributed by atoms with van der Waals surface area (Å²) >= 11 is 0. The van der Waals surface area contributed by atoms with Crippen LogP contribution in [0, 0.1) is 17.3 Å². The van der Waals surface area contributed by atoms with Crippen LogP contribution < -0.4 is 10.6 Å². The van der Waals surface area contributed by atoms with E-state index in [1.165, 1.54) is 12.1 Å². The van der Waals surface area contributed by atoms with E-state index < -0.39 is 34.9 Å². The molecule has 2 aliphatic rings. The van der Waals surface area contributed by atoms with Crippen molar-refractivity contribution in [2.75, 3.05) is 13.1 Å². The van der Waals surface area contributed by atoms with Crippen molar-refractivity contribution in [1.29, 1.82) is 0 Å². The number of alkyl carbamates (subject to hydrolysis) is 1. The normalized spacial score (nSPS) is 24.1. The van der Waals surface area contributed by atoms with E-state index >= 15 is 0 Å². The maximum absolute atomic E-state index is 13.2. The maximum Gasteiger partial charge on any atom is 0.416 e. The summed E-state index contributed by atoms with van der Waals surface area (Å²) in [5, 5.41) is 5.91. The summed E-state index contributed by atoms with van der Waals surface area (Å²) in [4.78, 5) is 27.8. The molecule has 0 unspecified atom stereocenters. The van der Waals surface area contributed by atoms with Crippen molar-refractivity contribution in [2.45, 2.75) is 84.8 Å². The van der Waals surface area contributed by atoms with E-state index in [0.717, 1.165) is 43.6 Å². The highest BCUT2D eigenvalue weighted by Crippen LogP contribution is 2.39. The van der Waals surface area contributed by atoms with Gasteiger partial charge in [0, 0.05) is 25.7 Å². The first-order valence-electron chi connectivity index (χ1n) is 12.2. The van der Waals surface area contributed by atoms with Crippen LogP contribution >= 0.6 is 0 Å². The van der Waals surface area contributed by atoms with Crippen molar-refractivity contribution in [3.63, 3.8) is 0 Å². The molecule has 1 saturated heterocycles. The van der Waals surface area contributed by atoms with Gasteiger partial charge in [0.2, 0.25) is 5.91 Å². The first-order valence-corrected chi connectivity index (χ1v) is 12.2. The van der Waals surface area contributed by atoms with Gasteiger partial charge in [-0.3, -0.25) is 9.69 Å². The minimum atomic E-state index is -4.34. The Hall–Kier alpha value is -2.29. The van der Waals surface area contributed by atoms with Gasteiger partial charge in [-0.25, -0.2) is 4.79 Å². The molecule has 0 bridgehead atoms. The first-order chi connectivity index (χ1) is 16.0. The lowest BCUT2D eigenvalue weighted by molar-refractivity contribution is -0.137. The molecule has 2 amide bonds. The summed E-state index contributed by atoms with van der Waals surface area (Å²) < 4.78 is 43.8. The van der Waals surface area contributed by atoms with Crippen LogP contribution in [0.3, 0.4) is 0 Å². The van der Waals surface area contributed by atoms with Gasteiger partial charge in [0.25, 0.3) is 0 Å². The number of carbonyl (C=O) groups is 2. The van der Waals surface area contributed by atoms with Crippen molar-refractivity contribution in [1.82, 2.24) is 15.5 Å². The van der Waals surface area contributed by atoms with Crippen LogP contribution in [0.1, 0.15) is 65.5 Å². The zero-order valence-corrected chi connectivity index (χ0v) is 21.5. The van der Waals surface area contributed by atoms with Gasteiger partial charge >= 0.3 is 12.3 Å². The smallest absolute Gasteiger partial charge is 0.416 e. The predicted molar refractivity (Wildman–Crippen MR) is 127 cm³/mol. The fourth-order valence-electron chi connectivity index (χ4n) is 5.09. The Morgan fingerprint density at radius 1 is 1.03 bits per heavy atom. The Bertz CT molecular complexity index is 904. The van der Waals surface area contributed by atoms with Gasteiger partial charge in [0.05, 0.1) is 5.56 Å². The van der Waals surface area contributed by atoms with Crippen LogP contribution in [0.4, 0.5) is 18.0 Å². The van der Waals surface area contributed by atoms with E-state index in [-0.39, 0.29) is 17.9 Å². The van der Waals surface area contributed by atoms with Gasteiger partial charge in [-0.2, -0.15) is 13.2 Å². The fourth-order valence-corrected chi connectivity index (χ4v) is 5.09. The molecule has 1 saturated carbocycles. The highest BCUT2D eigenvalue weighted by Gasteiger charge is 2.44. The standard InChI is InChI=1S/C26H38F3N3O3/c1-24(2,3)21(31-23(34)35-25(4,5)6)22(33)30-20-12-9-17-14-32(15-19(17)20)13-16-7-10-18(11-8-16)26(27,28)29/h7-8,10-11,17,19-21H,9,12-15H2,1-6H3,(H,30,33)(H,31,34)/t17-,19+,20+,21-/m1/s1. The third kappa shape index (κ3) is 7.35. The second-order valence-corrected chi connectivity index (χ2v) is 12.0. The summed E-state index contributed by atoms with van der Waals surface area (Å²) in [7, 11) is 0. The Labute approximate surface area is 206 Å². The number of halogens is 3. The molecule has 0 spiro atoms. The number of nitrogens with zero attached hydrogens (tertiary/aromatic N) is 1. The Morgan fingerprint density at radius 3 is 2.20 bits per heavy atom. The summed E-state index contributed by atoms with van der Waals surface area (Å²) in [6.07, 6.45) is -3.10.